The van der Waals surface area contributed by atoms with Gasteiger partial charge in [0.05, 0.1) is 5.69 Å². The number of hydrogen-bond donors (Lipinski definition) is 1. The maximum absolute atomic E-state index is 13.6. The van der Waals surface area contributed by atoms with Crippen molar-refractivity contribution in [3.8, 4) is 0 Å². The van der Waals surface area contributed by atoms with E-state index in [1.807, 2.05) is 19.1 Å². The molecule has 2 heteroatoms. The third-order valence-corrected chi connectivity index (χ3v) is 3.42. The number of aryl methyl sites for hydroxylation is 1. The Balaban J connectivity index is 2.02. The Labute approximate surface area is 97.1 Å². The highest BCUT2D eigenvalue weighted by Crippen LogP contribution is 2.27. The molecule has 2 rings (SSSR count). The topological polar surface area (TPSA) is 12.0 Å². The van der Waals surface area contributed by atoms with Crippen LogP contribution in [0, 0.1) is 18.7 Å². The Kier molecular flexibility index (Phi) is 3.47. The van der Waals surface area contributed by atoms with Crippen molar-refractivity contribution in [2.24, 2.45) is 5.92 Å². The fraction of sp³-hybridized carbons (Fsp3) is 0.571. The first kappa shape index (κ1) is 11.4. The average molecular weight is 221 g/mol. The molecule has 1 fully saturated rings. The van der Waals surface area contributed by atoms with Gasteiger partial charge in [0.1, 0.15) is 5.82 Å². The molecule has 2 atom stereocenters. The smallest absolute Gasteiger partial charge is 0.146 e. The molecule has 0 amide bonds. The zero-order valence-electron chi connectivity index (χ0n) is 10.1. The molecule has 0 heterocycles. The van der Waals surface area contributed by atoms with Gasteiger partial charge in [0.15, 0.2) is 0 Å². The number of halogens is 1. The van der Waals surface area contributed by atoms with Crippen molar-refractivity contribution in [1.82, 2.24) is 0 Å². The Morgan fingerprint density at radius 2 is 2.12 bits per heavy atom. The lowest BCUT2D eigenvalue weighted by Crippen LogP contribution is -2.26. The summed E-state index contributed by atoms with van der Waals surface area (Å²) in [6.45, 7) is 4.19. The Bertz CT molecular complexity index is 362. The molecule has 2 unspecified atom stereocenters. The molecule has 16 heavy (non-hydrogen) atoms. The third kappa shape index (κ3) is 2.75. The van der Waals surface area contributed by atoms with Crippen LogP contribution in [0.2, 0.25) is 0 Å². The summed E-state index contributed by atoms with van der Waals surface area (Å²) in [5.41, 5.74) is 1.63. The fourth-order valence-corrected chi connectivity index (χ4v) is 2.52. The van der Waals surface area contributed by atoms with Crippen molar-refractivity contribution in [2.45, 2.75) is 45.6 Å². The second-order valence-electron chi connectivity index (χ2n) is 5.10. The predicted octanol–water partition coefficient (Wildman–Crippen LogP) is 4.12. The van der Waals surface area contributed by atoms with Crippen LogP contribution in [0.15, 0.2) is 18.2 Å². The van der Waals surface area contributed by atoms with Gasteiger partial charge >= 0.3 is 0 Å². The van der Waals surface area contributed by atoms with Crippen LogP contribution in [-0.2, 0) is 0 Å². The second kappa shape index (κ2) is 4.86. The van der Waals surface area contributed by atoms with E-state index in [0.29, 0.717) is 11.7 Å². The third-order valence-electron chi connectivity index (χ3n) is 3.42. The van der Waals surface area contributed by atoms with Crippen molar-refractivity contribution in [1.29, 1.82) is 0 Å². The molecule has 0 bridgehead atoms. The molecule has 1 aromatic rings. The summed E-state index contributed by atoms with van der Waals surface area (Å²) in [5, 5.41) is 3.33. The molecular formula is C14H20FN. The highest BCUT2D eigenvalue weighted by molar-refractivity contribution is 5.47. The molecule has 0 saturated heterocycles. The molecule has 1 saturated carbocycles. The molecule has 1 nitrogen and oxygen atoms in total. The van der Waals surface area contributed by atoms with E-state index < -0.39 is 0 Å². The predicted molar refractivity (Wildman–Crippen MR) is 66.2 cm³/mol. The lowest BCUT2D eigenvalue weighted by molar-refractivity contribution is 0.358. The van der Waals surface area contributed by atoms with Crippen LogP contribution >= 0.6 is 0 Å². The van der Waals surface area contributed by atoms with Crippen LogP contribution in [0.5, 0.6) is 0 Å². The Morgan fingerprint density at radius 3 is 2.81 bits per heavy atom. The monoisotopic (exact) mass is 221 g/mol. The molecule has 0 aromatic heterocycles. The van der Waals surface area contributed by atoms with Gasteiger partial charge in [-0.3, -0.25) is 0 Å². The summed E-state index contributed by atoms with van der Waals surface area (Å²) in [6, 6.07) is 5.84. The molecule has 0 radical (unpaired) electrons. The van der Waals surface area contributed by atoms with Crippen LogP contribution in [0.3, 0.4) is 0 Å². The largest absolute Gasteiger partial charge is 0.380 e. The van der Waals surface area contributed by atoms with Crippen molar-refractivity contribution >= 4 is 5.69 Å². The van der Waals surface area contributed by atoms with Crippen molar-refractivity contribution < 1.29 is 4.39 Å². The quantitative estimate of drug-likeness (QED) is 0.792. The van der Waals surface area contributed by atoms with Gasteiger partial charge in [-0.05, 0) is 43.4 Å². The van der Waals surface area contributed by atoms with E-state index in [4.69, 9.17) is 0 Å². The van der Waals surface area contributed by atoms with E-state index in [-0.39, 0.29) is 5.82 Å². The highest BCUT2D eigenvalue weighted by Gasteiger charge is 2.19. The van der Waals surface area contributed by atoms with Crippen molar-refractivity contribution in [3.63, 3.8) is 0 Å². The van der Waals surface area contributed by atoms with Gasteiger partial charge in [-0.2, -0.15) is 0 Å². The Morgan fingerprint density at radius 1 is 1.31 bits per heavy atom. The second-order valence-corrected chi connectivity index (χ2v) is 5.10. The van der Waals surface area contributed by atoms with E-state index in [0.717, 1.165) is 24.3 Å². The van der Waals surface area contributed by atoms with Crippen LogP contribution in [-0.4, -0.2) is 6.04 Å². The van der Waals surface area contributed by atoms with Crippen LogP contribution < -0.4 is 5.32 Å². The lowest BCUT2D eigenvalue weighted by Gasteiger charge is -2.28. The number of rotatable bonds is 2. The van der Waals surface area contributed by atoms with Gasteiger partial charge in [-0.1, -0.05) is 25.8 Å². The number of benzene rings is 1. The number of hydrogen-bond acceptors (Lipinski definition) is 1. The maximum Gasteiger partial charge on any atom is 0.146 e. The van der Waals surface area contributed by atoms with Gasteiger partial charge in [0.2, 0.25) is 0 Å². The van der Waals surface area contributed by atoms with Gasteiger partial charge in [0, 0.05) is 6.04 Å². The van der Waals surface area contributed by atoms with E-state index >= 15 is 0 Å². The number of nitrogens with one attached hydrogen (secondary N) is 1. The molecule has 0 aliphatic heterocycles. The minimum absolute atomic E-state index is 0.127. The summed E-state index contributed by atoms with van der Waals surface area (Å²) in [6.07, 6.45) is 4.89. The van der Waals surface area contributed by atoms with Gasteiger partial charge < -0.3 is 5.32 Å². The summed E-state index contributed by atoms with van der Waals surface area (Å²) in [5.74, 6) is 0.637. The minimum atomic E-state index is -0.127. The summed E-state index contributed by atoms with van der Waals surface area (Å²) in [7, 11) is 0. The zero-order valence-corrected chi connectivity index (χ0v) is 10.1. The maximum atomic E-state index is 13.6. The zero-order chi connectivity index (χ0) is 11.5. The lowest BCUT2D eigenvalue weighted by atomic mass is 9.87. The molecule has 1 aromatic carbocycles. The fourth-order valence-electron chi connectivity index (χ4n) is 2.52. The summed E-state index contributed by atoms with van der Waals surface area (Å²) < 4.78 is 13.6. The Hall–Kier alpha value is -1.05. The van der Waals surface area contributed by atoms with Crippen LogP contribution in [0.4, 0.5) is 10.1 Å². The van der Waals surface area contributed by atoms with Crippen molar-refractivity contribution in [3.05, 3.63) is 29.6 Å². The molecule has 1 aliphatic carbocycles. The summed E-state index contributed by atoms with van der Waals surface area (Å²) >= 11 is 0. The van der Waals surface area contributed by atoms with Gasteiger partial charge in [-0.25, -0.2) is 4.39 Å². The first-order valence-corrected chi connectivity index (χ1v) is 6.18. The molecular weight excluding hydrogens is 201 g/mol. The number of anilines is 1. The molecule has 1 N–H and O–H groups in total. The van der Waals surface area contributed by atoms with Crippen molar-refractivity contribution in [2.75, 3.05) is 5.32 Å². The normalized spacial score (nSPS) is 25.4. The molecule has 1 aliphatic rings. The summed E-state index contributed by atoms with van der Waals surface area (Å²) in [4.78, 5) is 0. The van der Waals surface area contributed by atoms with Crippen LogP contribution in [0.1, 0.15) is 38.2 Å². The first-order valence-electron chi connectivity index (χ1n) is 6.18. The highest BCUT2D eigenvalue weighted by atomic mass is 19.1. The van der Waals surface area contributed by atoms with Gasteiger partial charge in [0.25, 0.3) is 0 Å². The van der Waals surface area contributed by atoms with Gasteiger partial charge in [-0.15, -0.1) is 0 Å². The average Bonchev–Trinajstić information content (AvgIpc) is 2.22. The minimum Gasteiger partial charge on any atom is -0.380 e. The molecule has 88 valence electrons. The SMILES string of the molecule is Cc1ccc(NC2CCCC(C)C2)c(F)c1. The van der Waals surface area contributed by atoms with E-state index in [9.17, 15) is 4.39 Å². The standard InChI is InChI=1S/C14H20FN/c1-10-4-3-5-12(8-10)16-14-7-6-11(2)9-13(14)15/h6-7,9-10,12,16H,3-5,8H2,1-2H3. The van der Waals surface area contributed by atoms with E-state index in [1.54, 1.807) is 6.07 Å². The van der Waals surface area contributed by atoms with Crippen LogP contribution in [0.25, 0.3) is 0 Å². The van der Waals surface area contributed by atoms with E-state index in [2.05, 4.69) is 12.2 Å². The molecule has 0 spiro atoms. The van der Waals surface area contributed by atoms with E-state index in [1.165, 1.54) is 12.8 Å². The first-order chi connectivity index (χ1) is 7.65.